The third kappa shape index (κ3) is 4.83. The lowest BCUT2D eigenvalue weighted by Gasteiger charge is -2.38. The SMILES string of the molecule is CN1CCC2(CC1)CN(c1ccccc1Cl)c1ccccc12.O=C(O)C=CC(=O)O. The highest BCUT2D eigenvalue weighted by atomic mass is 35.5. The van der Waals surface area contributed by atoms with Crippen LogP contribution in [-0.4, -0.2) is 53.7 Å². The minimum atomic E-state index is -1.26. The molecule has 2 heterocycles. The van der Waals surface area contributed by atoms with E-state index >= 15 is 0 Å². The minimum absolute atomic E-state index is 0.280. The monoisotopic (exact) mass is 428 g/mol. The smallest absolute Gasteiger partial charge is 0.328 e. The zero-order chi connectivity index (χ0) is 21.7. The van der Waals surface area contributed by atoms with Crippen molar-refractivity contribution < 1.29 is 19.8 Å². The van der Waals surface area contributed by atoms with Crippen molar-refractivity contribution in [1.82, 2.24) is 4.90 Å². The van der Waals surface area contributed by atoms with E-state index in [1.165, 1.54) is 37.2 Å². The summed E-state index contributed by atoms with van der Waals surface area (Å²) in [5, 5.41) is 16.5. The molecule has 2 aromatic carbocycles. The van der Waals surface area contributed by atoms with Crippen LogP contribution in [0.25, 0.3) is 0 Å². The van der Waals surface area contributed by atoms with Gasteiger partial charge in [-0.1, -0.05) is 41.9 Å². The average molecular weight is 429 g/mol. The molecule has 2 aliphatic rings. The number of halogens is 1. The Morgan fingerprint density at radius 1 is 0.933 bits per heavy atom. The first-order chi connectivity index (χ1) is 14.3. The molecule has 2 aliphatic heterocycles. The molecule has 0 saturated carbocycles. The summed E-state index contributed by atoms with van der Waals surface area (Å²) in [6.07, 6.45) is 3.56. The number of benzene rings is 2. The van der Waals surface area contributed by atoms with Gasteiger partial charge in [-0.15, -0.1) is 0 Å². The van der Waals surface area contributed by atoms with Crippen LogP contribution in [0.5, 0.6) is 0 Å². The Morgan fingerprint density at radius 2 is 1.47 bits per heavy atom. The standard InChI is InChI=1S/C19H21ClN2.C4H4O4/c1-21-12-10-19(11-13-21)14-22(17-8-4-2-6-15(17)19)18-9-5-3-7-16(18)20;5-3(6)1-2-4(7)8/h2-9H,10-14H2,1H3;1-2H,(H,5,6)(H,7,8). The summed E-state index contributed by atoms with van der Waals surface area (Å²) in [5.41, 5.74) is 4.25. The van der Waals surface area contributed by atoms with E-state index in [4.69, 9.17) is 21.8 Å². The number of carboxylic acid groups (broad SMARTS) is 2. The van der Waals surface area contributed by atoms with Gasteiger partial charge < -0.3 is 20.0 Å². The van der Waals surface area contributed by atoms with Crippen LogP contribution >= 0.6 is 11.6 Å². The minimum Gasteiger partial charge on any atom is -0.478 e. The van der Waals surface area contributed by atoms with Crippen molar-refractivity contribution >= 4 is 34.9 Å². The molecule has 2 N–H and O–H groups in total. The van der Waals surface area contributed by atoms with Crippen molar-refractivity contribution in [2.75, 3.05) is 31.6 Å². The zero-order valence-electron chi connectivity index (χ0n) is 16.8. The van der Waals surface area contributed by atoms with Crippen LogP contribution in [0.2, 0.25) is 5.02 Å². The molecule has 0 unspecified atom stereocenters. The molecule has 1 saturated heterocycles. The number of hydrogen-bond acceptors (Lipinski definition) is 4. The summed E-state index contributed by atoms with van der Waals surface area (Å²) in [5.74, 6) is -2.51. The van der Waals surface area contributed by atoms with Crippen molar-refractivity contribution in [2.24, 2.45) is 0 Å². The van der Waals surface area contributed by atoms with E-state index in [1.807, 2.05) is 12.1 Å². The third-order valence-corrected chi connectivity index (χ3v) is 6.00. The van der Waals surface area contributed by atoms with Gasteiger partial charge in [-0.05, 0) is 56.7 Å². The molecule has 0 radical (unpaired) electrons. The number of hydrogen-bond donors (Lipinski definition) is 2. The van der Waals surface area contributed by atoms with Crippen LogP contribution in [-0.2, 0) is 15.0 Å². The maximum atomic E-state index is 9.55. The highest BCUT2D eigenvalue weighted by molar-refractivity contribution is 6.33. The van der Waals surface area contributed by atoms with Gasteiger partial charge in [-0.3, -0.25) is 0 Å². The summed E-state index contributed by atoms with van der Waals surface area (Å²) in [6.45, 7) is 3.39. The molecule has 0 aliphatic carbocycles. The van der Waals surface area contributed by atoms with Crippen molar-refractivity contribution in [3.8, 4) is 0 Å². The number of rotatable bonds is 3. The van der Waals surface area contributed by atoms with E-state index in [9.17, 15) is 9.59 Å². The predicted octanol–water partition coefficient (Wildman–Crippen LogP) is 4.17. The Bertz CT molecular complexity index is 936. The van der Waals surface area contributed by atoms with E-state index < -0.39 is 11.9 Å². The van der Waals surface area contributed by atoms with Gasteiger partial charge in [0.1, 0.15) is 0 Å². The lowest BCUT2D eigenvalue weighted by molar-refractivity contribution is -0.134. The fraction of sp³-hybridized carbons (Fsp3) is 0.304. The van der Waals surface area contributed by atoms with Gasteiger partial charge in [0.15, 0.2) is 0 Å². The number of para-hydroxylation sites is 2. The lowest BCUT2D eigenvalue weighted by Crippen LogP contribution is -2.43. The number of anilines is 2. The second-order valence-electron chi connectivity index (χ2n) is 7.65. The Kier molecular flexibility index (Phi) is 6.80. The number of carbonyl (C=O) groups is 2. The summed E-state index contributed by atoms with van der Waals surface area (Å²) in [6, 6.07) is 17.1. The second kappa shape index (κ2) is 9.32. The molecule has 1 spiro atoms. The highest BCUT2D eigenvalue weighted by Crippen LogP contribution is 2.50. The molecular weight excluding hydrogens is 404 g/mol. The Labute approximate surface area is 181 Å². The van der Waals surface area contributed by atoms with Gasteiger partial charge in [0, 0.05) is 29.8 Å². The fourth-order valence-electron chi connectivity index (χ4n) is 4.13. The molecule has 0 bridgehead atoms. The third-order valence-electron chi connectivity index (χ3n) is 5.68. The molecule has 7 heteroatoms. The molecule has 2 aromatic rings. The van der Waals surface area contributed by atoms with Gasteiger partial charge in [0.05, 0.1) is 10.7 Å². The van der Waals surface area contributed by atoms with E-state index in [0.717, 1.165) is 17.3 Å². The maximum Gasteiger partial charge on any atom is 0.328 e. The van der Waals surface area contributed by atoms with Crippen LogP contribution in [0.15, 0.2) is 60.7 Å². The van der Waals surface area contributed by atoms with Crippen molar-refractivity contribution in [3.63, 3.8) is 0 Å². The van der Waals surface area contributed by atoms with Crippen molar-refractivity contribution in [1.29, 1.82) is 0 Å². The number of fused-ring (bicyclic) bond motifs is 2. The molecular formula is C23H25ClN2O4. The zero-order valence-corrected chi connectivity index (χ0v) is 17.5. The largest absolute Gasteiger partial charge is 0.478 e. The number of aliphatic carboxylic acids is 2. The molecule has 158 valence electrons. The number of piperidine rings is 1. The quantitative estimate of drug-likeness (QED) is 0.714. The average Bonchev–Trinajstić information content (AvgIpc) is 3.04. The lowest BCUT2D eigenvalue weighted by atomic mass is 9.74. The summed E-state index contributed by atoms with van der Waals surface area (Å²) >= 11 is 6.47. The van der Waals surface area contributed by atoms with Crippen LogP contribution < -0.4 is 4.90 Å². The summed E-state index contributed by atoms with van der Waals surface area (Å²) < 4.78 is 0. The van der Waals surface area contributed by atoms with Gasteiger partial charge in [0.2, 0.25) is 0 Å². The molecule has 1 fully saturated rings. The molecule has 30 heavy (non-hydrogen) atoms. The van der Waals surface area contributed by atoms with Gasteiger partial charge in [-0.25, -0.2) is 9.59 Å². The van der Waals surface area contributed by atoms with Crippen LogP contribution in [0.4, 0.5) is 11.4 Å². The van der Waals surface area contributed by atoms with Crippen molar-refractivity contribution in [3.05, 3.63) is 71.3 Å². The Morgan fingerprint density at radius 3 is 2.03 bits per heavy atom. The first-order valence-corrected chi connectivity index (χ1v) is 10.1. The van der Waals surface area contributed by atoms with Crippen molar-refractivity contribution in [2.45, 2.75) is 18.3 Å². The molecule has 0 amide bonds. The molecule has 4 rings (SSSR count). The second-order valence-corrected chi connectivity index (χ2v) is 8.06. The molecule has 0 aromatic heterocycles. The number of carboxylic acids is 2. The normalized spacial score (nSPS) is 17.5. The predicted molar refractivity (Wildman–Crippen MR) is 118 cm³/mol. The summed E-state index contributed by atoms with van der Waals surface area (Å²) in [4.78, 5) is 24.0. The van der Waals surface area contributed by atoms with E-state index in [2.05, 4.69) is 53.2 Å². The fourth-order valence-corrected chi connectivity index (χ4v) is 4.37. The van der Waals surface area contributed by atoms with Crippen LogP contribution in [0, 0.1) is 0 Å². The maximum absolute atomic E-state index is 9.55. The van der Waals surface area contributed by atoms with E-state index in [1.54, 1.807) is 0 Å². The highest BCUT2D eigenvalue weighted by Gasteiger charge is 2.44. The van der Waals surface area contributed by atoms with Gasteiger partial charge >= 0.3 is 11.9 Å². The Balaban J connectivity index is 0.000000275. The van der Waals surface area contributed by atoms with E-state index in [-0.39, 0.29) is 5.41 Å². The molecule has 6 nitrogen and oxygen atoms in total. The van der Waals surface area contributed by atoms with Crippen LogP contribution in [0.1, 0.15) is 18.4 Å². The topological polar surface area (TPSA) is 81.1 Å². The Hall–Kier alpha value is -2.83. The van der Waals surface area contributed by atoms with E-state index in [0.29, 0.717) is 12.2 Å². The molecule has 0 atom stereocenters. The van der Waals surface area contributed by atoms with Gasteiger partial charge in [-0.2, -0.15) is 0 Å². The summed E-state index contributed by atoms with van der Waals surface area (Å²) in [7, 11) is 2.22. The number of nitrogens with zero attached hydrogens (tertiary/aromatic N) is 2. The van der Waals surface area contributed by atoms with Gasteiger partial charge in [0.25, 0.3) is 0 Å². The first kappa shape index (κ1) is 21.9. The first-order valence-electron chi connectivity index (χ1n) is 9.76. The van der Waals surface area contributed by atoms with Crippen LogP contribution in [0.3, 0.4) is 0 Å². The number of likely N-dealkylation sites (tertiary alicyclic amines) is 1.